The fraction of sp³-hybridized carbons (Fsp3) is 0.833. The van der Waals surface area contributed by atoms with Gasteiger partial charge < -0.3 is 5.11 Å². The van der Waals surface area contributed by atoms with Crippen LogP contribution in [0.15, 0.2) is 0 Å². The van der Waals surface area contributed by atoms with Gasteiger partial charge in [0, 0.05) is 23.0 Å². The molecule has 0 heterocycles. The first kappa shape index (κ1) is 12.4. The number of carbonyl (C=O) groups is 1. The van der Waals surface area contributed by atoms with Gasteiger partial charge in [0.05, 0.1) is 0 Å². The van der Waals surface area contributed by atoms with Crippen molar-refractivity contribution in [1.82, 2.24) is 0 Å². The van der Waals surface area contributed by atoms with E-state index in [-0.39, 0.29) is 12.2 Å². The Morgan fingerprint density at radius 3 is 2.31 bits per heavy atom. The summed E-state index contributed by atoms with van der Waals surface area (Å²) in [6.07, 6.45) is -5.56. The molecule has 0 spiro atoms. The van der Waals surface area contributed by atoms with Crippen molar-refractivity contribution >= 4 is 16.8 Å². The van der Waals surface area contributed by atoms with Crippen LogP contribution in [-0.4, -0.2) is 33.0 Å². The highest BCUT2D eigenvalue weighted by Crippen LogP contribution is 2.21. The van der Waals surface area contributed by atoms with Gasteiger partial charge in [-0.3, -0.25) is 9.00 Å². The Bertz CT molecular complexity index is 202. The van der Waals surface area contributed by atoms with Crippen LogP contribution in [0.5, 0.6) is 0 Å². The van der Waals surface area contributed by atoms with E-state index < -0.39 is 35.1 Å². The second kappa shape index (κ2) is 5.21. The van der Waals surface area contributed by atoms with Crippen LogP contribution in [0.2, 0.25) is 0 Å². The fourth-order valence-corrected chi connectivity index (χ4v) is 1.53. The summed E-state index contributed by atoms with van der Waals surface area (Å²) < 4.78 is 45.4. The first-order chi connectivity index (χ1) is 5.81. The highest BCUT2D eigenvalue weighted by Gasteiger charge is 2.26. The number of rotatable bonds is 5. The SMILES string of the molecule is O=C(O)CS(=O)CCCC(F)(F)F. The van der Waals surface area contributed by atoms with Crippen LogP contribution in [0.1, 0.15) is 12.8 Å². The molecule has 0 radical (unpaired) electrons. The molecule has 0 aliphatic rings. The van der Waals surface area contributed by atoms with Crippen molar-refractivity contribution in [3.05, 3.63) is 0 Å². The molecule has 0 amide bonds. The van der Waals surface area contributed by atoms with Gasteiger partial charge in [-0.25, -0.2) is 0 Å². The van der Waals surface area contributed by atoms with Crippen LogP contribution in [-0.2, 0) is 15.6 Å². The number of carboxylic acid groups (broad SMARTS) is 1. The topological polar surface area (TPSA) is 54.4 Å². The normalized spacial score (nSPS) is 14.1. The van der Waals surface area contributed by atoms with E-state index in [0.717, 1.165) is 0 Å². The van der Waals surface area contributed by atoms with E-state index >= 15 is 0 Å². The van der Waals surface area contributed by atoms with Gasteiger partial charge in [-0.1, -0.05) is 0 Å². The Balaban J connectivity index is 3.54. The number of alkyl halides is 3. The van der Waals surface area contributed by atoms with Crippen molar-refractivity contribution in [1.29, 1.82) is 0 Å². The molecular formula is C6H9F3O3S. The lowest BCUT2D eigenvalue weighted by Gasteiger charge is -2.04. The van der Waals surface area contributed by atoms with Gasteiger partial charge in [0.25, 0.3) is 0 Å². The lowest BCUT2D eigenvalue weighted by molar-refractivity contribution is -0.134. The second-order valence-corrected chi connectivity index (χ2v) is 3.98. The molecule has 3 nitrogen and oxygen atoms in total. The first-order valence-electron chi connectivity index (χ1n) is 3.45. The molecule has 0 aromatic carbocycles. The zero-order valence-corrected chi connectivity index (χ0v) is 7.45. The van der Waals surface area contributed by atoms with E-state index in [0.29, 0.717) is 0 Å². The summed E-state index contributed by atoms with van der Waals surface area (Å²) in [6, 6.07) is 0. The van der Waals surface area contributed by atoms with Crippen molar-refractivity contribution in [2.75, 3.05) is 11.5 Å². The molecule has 0 fully saturated rings. The molecule has 0 aliphatic heterocycles. The zero-order valence-electron chi connectivity index (χ0n) is 6.63. The van der Waals surface area contributed by atoms with Crippen LogP contribution in [0, 0.1) is 0 Å². The van der Waals surface area contributed by atoms with Crippen LogP contribution in [0.4, 0.5) is 13.2 Å². The Hall–Kier alpha value is -0.590. The molecule has 78 valence electrons. The minimum absolute atomic E-state index is 0.216. The van der Waals surface area contributed by atoms with Crippen molar-refractivity contribution in [3.8, 4) is 0 Å². The van der Waals surface area contributed by atoms with Crippen molar-refractivity contribution in [2.24, 2.45) is 0 Å². The maximum atomic E-state index is 11.6. The molecule has 1 N–H and O–H groups in total. The van der Waals surface area contributed by atoms with Gasteiger partial charge in [0.2, 0.25) is 0 Å². The molecule has 0 rings (SSSR count). The lowest BCUT2D eigenvalue weighted by Crippen LogP contribution is -2.14. The van der Waals surface area contributed by atoms with Crippen LogP contribution in [0.3, 0.4) is 0 Å². The average Bonchev–Trinajstić information content (AvgIpc) is 1.81. The standard InChI is InChI=1S/C6H9F3O3S/c7-6(8,9)2-1-3-13(12)4-5(10)11/h1-4H2,(H,10,11). The van der Waals surface area contributed by atoms with Gasteiger partial charge in [-0.2, -0.15) is 13.2 Å². The van der Waals surface area contributed by atoms with E-state index in [4.69, 9.17) is 5.11 Å². The van der Waals surface area contributed by atoms with Gasteiger partial charge >= 0.3 is 12.1 Å². The maximum Gasteiger partial charge on any atom is 0.389 e. The van der Waals surface area contributed by atoms with Gasteiger partial charge in [-0.05, 0) is 6.42 Å². The fourth-order valence-electron chi connectivity index (χ4n) is 0.643. The predicted molar refractivity (Wildman–Crippen MR) is 40.8 cm³/mol. The number of carboxylic acids is 1. The Morgan fingerprint density at radius 1 is 1.38 bits per heavy atom. The van der Waals surface area contributed by atoms with Crippen LogP contribution >= 0.6 is 0 Å². The second-order valence-electron chi connectivity index (χ2n) is 2.40. The van der Waals surface area contributed by atoms with E-state index in [2.05, 4.69) is 0 Å². The molecule has 0 saturated heterocycles. The minimum atomic E-state index is -4.26. The van der Waals surface area contributed by atoms with E-state index in [1.807, 2.05) is 0 Å². The molecule has 0 aromatic rings. The molecule has 0 saturated carbocycles. The van der Waals surface area contributed by atoms with Crippen molar-refractivity contribution < 1.29 is 27.3 Å². The summed E-state index contributed by atoms with van der Waals surface area (Å²) >= 11 is 0. The van der Waals surface area contributed by atoms with Crippen molar-refractivity contribution in [2.45, 2.75) is 19.0 Å². The molecule has 0 bridgehead atoms. The number of hydrogen-bond acceptors (Lipinski definition) is 2. The number of aliphatic carboxylic acids is 1. The third-order valence-corrected chi connectivity index (χ3v) is 2.43. The third-order valence-electron chi connectivity index (χ3n) is 1.12. The molecular weight excluding hydrogens is 209 g/mol. The monoisotopic (exact) mass is 218 g/mol. The van der Waals surface area contributed by atoms with Crippen molar-refractivity contribution in [3.63, 3.8) is 0 Å². The largest absolute Gasteiger partial charge is 0.481 e. The lowest BCUT2D eigenvalue weighted by atomic mass is 10.3. The number of halogens is 3. The average molecular weight is 218 g/mol. The summed E-state index contributed by atoms with van der Waals surface area (Å²) in [4.78, 5) is 9.95. The third kappa shape index (κ3) is 9.32. The number of hydrogen-bond donors (Lipinski definition) is 1. The summed E-state index contributed by atoms with van der Waals surface area (Å²) in [5.41, 5.74) is 0. The van der Waals surface area contributed by atoms with Crippen LogP contribution in [0.25, 0.3) is 0 Å². The summed E-state index contributed by atoms with van der Waals surface area (Å²) in [5.74, 6) is -2.06. The molecule has 7 heteroatoms. The maximum absolute atomic E-state index is 11.6. The highest BCUT2D eigenvalue weighted by molar-refractivity contribution is 7.85. The van der Waals surface area contributed by atoms with Gasteiger partial charge in [0.15, 0.2) is 0 Å². The van der Waals surface area contributed by atoms with E-state index in [1.54, 1.807) is 0 Å². The summed E-state index contributed by atoms with van der Waals surface area (Å²) in [6.45, 7) is 0. The van der Waals surface area contributed by atoms with Crippen LogP contribution < -0.4 is 0 Å². The van der Waals surface area contributed by atoms with E-state index in [1.165, 1.54) is 0 Å². The first-order valence-corrected chi connectivity index (χ1v) is 4.93. The molecule has 1 atom stereocenters. The summed E-state index contributed by atoms with van der Waals surface area (Å²) in [5, 5.41) is 8.13. The predicted octanol–water partition coefficient (Wildman–Crippen LogP) is 1.16. The highest BCUT2D eigenvalue weighted by atomic mass is 32.2. The minimum Gasteiger partial charge on any atom is -0.481 e. The Morgan fingerprint density at radius 2 is 1.92 bits per heavy atom. The molecule has 0 aliphatic carbocycles. The Kier molecular flexibility index (Phi) is 4.97. The zero-order chi connectivity index (χ0) is 10.5. The Labute approximate surface area is 75.4 Å². The molecule has 13 heavy (non-hydrogen) atoms. The quantitative estimate of drug-likeness (QED) is 0.753. The molecule has 1 unspecified atom stereocenters. The van der Waals surface area contributed by atoms with Gasteiger partial charge in [-0.15, -0.1) is 0 Å². The molecule has 0 aromatic heterocycles. The van der Waals surface area contributed by atoms with Gasteiger partial charge in [0.1, 0.15) is 5.75 Å². The van der Waals surface area contributed by atoms with E-state index in [9.17, 15) is 22.2 Å². The smallest absolute Gasteiger partial charge is 0.389 e. The summed E-state index contributed by atoms with van der Waals surface area (Å²) in [7, 11) is -1.68.